The highest BCUT2D eigenvalue weighted by molar-refractivity contribution is 4.76. The average molecular weight is 213 g/mol. The minimum absolute atomic E-state index is 0.505. The lowest BCUT2D eigenvalue weighted by Crippen LogP contribution is -2.38. The molecule has 1 fully saturated rings. The van der Waals surface area contributed by atoms with Crippen LogP contribution in [-0.2, 0) is 0 Å². The van der Waals surface area contributed by atoms with Crippen molar-refractivity contribution in [3.63, 3.8) is 0 Å². The zero-order valence-corrected chi connectivity index (χ0v) is 10.8. The summed E-state index contributed by atoms with van der Waals surface area (Å²) in [6.07, 6.45) is 3.56. The van der Waals surface area contributed by atoms with Crippen molar-refractivity contribution in [1.29, 1.82) is 0 Å². The molecular formula is C13H27NO. The van der Waals surface area contributed by atoms with Gasteiger partial charge in [0.1, 0.15) is 0 Å². The molecule has 0 bridgehead atoms. The summed E-state index contributed by atoms with van der Waals surface area (Å²) in [5.74, 6) is 1.75. The molecule has 1 aliphatic heterocycles. The summed E-state index contributed by atoms with van der Waals surface area (Å²) in [5, 5.41) is 9.66. The summed E-state index contributed by atoms with van der Waals surface area (Å²) < 4.78 is 0. The van der Waals surface area contributed by atoms with Crippen molar-refractivity contribution in [2.45, 2.75) is 52.6 Å². The van der Waals surface area contributed by atoms with Crippen molar-refractivity contribution in [2.24, 2.45) is 11.8 Å². The molecule has 0 saturated carbocycles. The summed E-state index contributed by atoms with van der Waals surface area (Å²) in [7, 11) is 0. The number of hydrogen-bond donors (Lipinski definition) is 1. The Labute approximate surface area is 94.7 Å². The maximum atomic E-state index is 9.66. The third kappa shape index (κ3) is 4.98. The SMILES string of the molecule is CC(C)C1CCN(CCC(C)(C)O)CC1. The number of rotatable bonds is 4. The molecule has 1 N–H and O–H groups in total. The van der Waals surface area contributed by atoms with E-state index >= 15 is 0 Å². The fourth-order valence-corrected chi connectivity index (χ4v) is 2.27. The molecule has 0 aliphatic carbocycles. The topological polar surface area (TPSA) is 23.5 Å². The molecule has 0 aromatic rings. The van der Waals surface area contributed by atoms with Crippen molar-refractivity contribution in [1.82, 2.24) is 4.90 Å². The molecule has 1 aliphatic rings. The maximum Gasteiger partial charge on any atom is 0.0603 e. The van der Waals surface area contributed by atoms with Crippen LogP contribution in [-0.4, -0.2) is 35.2 Å². The van der Waals surface area contributed by atoms with Crippen LogP contribution >= 0.6 is 0 Å². The van der Waals surface area contributed by atoms with E-state index < -0.39 is 5.60 Å². The predicted molar refractivity (Wildman–Crippen MR) is 64.9 cm³/mol. The van der Waals surface area contributed by atoms with Crippen molar-refractivity contribution in [3.8, 4) is 0 Å². The predicted octanol–water partition coefficient (Wildman–Crippen LogP) is 2.52. The van der Waals surface area contributed by atoms with Gasteiger partial charge in [0.25, 0.3) is 0 Å². The van der Waals surface area contributed by atoms with Crippen LogP contribution in [0.5, 0.6) is 0 Å². The quantitative estimate of drug-likeness (QED) is 0.775. The van der Waals surface area contributed by atoms with Gasteiger partial charge in [0, 0.05) is 6.54 Å². The van der Waals surface area contributed by atoms with Gasteiger partial charge in [0.05, 0.1) is 5.60 Å². The Morgan fingerprint density at radius 2 is 1.80 bits per heavy atom. The van der Waals surface area contributed by atoms with Crippen molar-refractivity contribution in [3.05, 3.63) is 0 Å². The zero-order valence-electron chi connectivity index (χ0n) is 10.8. The van der Waals surface area contributed by atoms with Gasteiger partial charge in [0.15, 0.2) is 0 Å². The number of nitrogens with zero attached hydrogens (tertiary/aromatic N) is 1. The highest BCUT2D eigenvalue weighted by atomic mass is 16.3. The molecule has 1 saturated heterocycles. The van der Waals surface area contributed by atoms with Gasteiger partial charge in [0.2, 0.25) is 0 Å². The van der Waals surface area contributed by atoms with Crippen LogP contribution in [0.2, 0.25) is 0 Å². The largest absolute Gasteiger partial charge is 0.390 e. The molecule has 0 radical (unpaired) electrons. The Morgan fingerprint density at radius 1 is 1.27 bits per heavy atom. The normalized spacial score (nSPS) is 21.2. The first-order valence-electron chi connectivity index (χ1n) is 6.33. The van der Waals surface area contributed by atoms with E-state index in [-0.39, 0.29) is 0 Å². The van der Waals surface area contributed by atoms with Gasteiger partial charge >= 0.3 is 0 Å². The van der Waals surface area contributed by atoms with E-state index in [4.69, 9.17) is 0 Å². The molecule has 0 atom stereocenters. The molecule has 2 nitrogen and oxygen atoms in total. The number of likely N-dealkylation sites (tertiary alicyclic amines) is 1. The Bertz CT molecular complexity index is 175. The molecule has 0 aromatic heterocycles. The van der Waals surface area contributed by atoms with Gasteiger partial charge in [-0.2, -0.15) is 0 Å². The van der Waals surface area contributed by atoms with Crippen molar-refractivity contribution >= 4 is 0 Å². The summed E-state index contributed by atoms with van der Waals surface area (Å²) in [6.45, 7) is 11.9. The van der Waals surface area contributed by atoms with E-state index in [1.807, 2.05) is 13.8 Å². The smallest absolute Gasteiger partial charge is 0.0603 e. The fraction of sp³-hybridized carbons (Fsp3) is 1.00. The second kappa shape index (κ2) is 5.31. The van der Waals surface area contributed by atoms with Gasteiger partial charge in [-0.1, -0.05) is 13.8 Å². The second-order valence-electron chi connectivity index (χ2n) is 5.99. The van der Waals surface area contributed by atoms with E-state index in [2.05, 4.69) is 18.7 Å². The zero-order chi connectivity index (χ0) is 11.5. The van der Waals surface area contributed by atoms with Crippen LogP contribution < -0.4 is 0 Å². The van der Waals surface area contributed by atoms with Crippen LogP contribution in [0.1, 0.15) is 47.0 Å². The highest BCUT2D eigenvalue weighted by Gasteiger charge is 2.22. The first-order valence-corrected chi connectivity index (χ1v) is 6.33. The molecule has 2 heteroatoms. The Hall–Kier alpha value is -0.0800. The summed E-state index contributed by atoms with van der Waals surface area (Å²) in [6, 6.07) is 0. The lowest BCUT2D eigenvalue weighted by molar-refractivity contribution is 0.0501. The Morgan fingerprint density at radius 3 is 2.20 bits per heavy atom. The van der Waals surface area contributed by atoms with E-state index in [0.29, 0.717) is 0 Å². The molecule has 0 aromatic carbocycles. The Balaban J connectivity index is 2.20. The first kappa shape index (κ1) is 13.0. The first-order chi connectivity index (χ1) is 6.88. The van der Waals surface area contributed by atoms with Crippen LogP contribution in [0.3, 0.4) is 0 Å². The standard InChI is InChI=1S/C13H27NO/c1-11(2)12-5-8-14(9-6-12)10-7-13(3,4)15/h11-12,15H,5-10H2,1-4H3. The molecular weight excluding hydrogens is 186 g/mol. The van der Waals surface area contributed by atoms with Gasteiger partial charge in [-0.15, -0.1) is 0 Å². The number of piperidine rings is 1. The van der Waals surface area contributed by atoms with Crippen LogP contribution in [0.4, 0.5) is 0 Å². The third-order valence-corrected chi connectivity index (χ3v) is 3.61. The minimum Gasteiger partial charge on any atom is -0.390 e. The van der Waals surface area contributed by atoms with Crippen LogP contribution in [0.15, 0.2) is 0 Å². The number of hydrogen-bond acceptors (Lipinski definition) is 2. The summed E-state index contributed by atoms with van der Waals surface area (Å²) in [4.78, 5) is 2.50. The fourth-order valence-electron chi connectivity index (χ4n) is 2.27. The van der Waals surface area contributed by atoms with Crippen LogP contribution in [0.25, 0.3) is 0 Å². The van der Waals surface area contributed by atoms with E-state index in [9.17, 15) is 5.11 Å². The monoisotopic (exact) mass is 213 g/mol. The van der Waals surface area contributed by atoms with Crippen LogP contribution in [0, 0.1) is 11.8 Å². The molecule has 0 amide bonds. The van der Waals surface area contributed by atoms with Gasteiger partial charge in [-0.05, 0) is 58.0 Å². The lowest BCUT2D eigenvalue weighted by atomic mass is 9.86. The van der Waals surface area contributed by atoms with E-state index in [1.54, 1.807) is 0 Å². The molecule has 0 spiro atoms. The molecule has 1 rings (SSSR count). The molecule has 1 heterocycles. The summed E-state index contributed by atoms with van der Waals surface area (Å²) in [5.41, 5.74) is -0.505. The lowest BCUT2D eigenvalue weighted by Gasteiger charge is -2.34. The molecule has 15 heavy (non-hydrogen) atoms. The van der Waals surface area contributed by atoms with Gasteiger partial charge in [-0.25, -0.2) is 0 Å². The number of aliphatic hydroxyl groups is 1. The van der Waals surface area contributed by atoms with E-state index in [1.165, 1.54) is 25.9 Å². The average Bonchev–Trinajstić information content (AvgIpc) is 2.14. The van der Waals surface area contributed by atoms with Crippen molar-refractivity contribution in [2.75, 3.05) is 19.6 Å². The highest BCUT2D eigenvalue weighted by Crippen LogP contribution is 2.24. The molecule has 90 valence electrons. The summed E-state index contributed by atoms with van der Waals surface area (Å²) >= 11 is 0. The van der Waals surface area contributed by atoms with Crippen molar-refractivity contribution < 1.29 is 5.11 Å². The van der Waals surface area contributed by atoms with Gasteiger partial charge in [-0.3, -0.25) is 0 Å². The minimum atomic E-state index is -0.505. The Kier molecular flexibility index (Phi) is 4.60. The second-order valence-corrected chi connectivity index (χ2v) is 5.99. The third-order valence-electron chi connectivity index (χ3n) is 3.61. The van der Waals surface area contributed by atoms with E-state index in [0.717, 1.165) is 24.8 Å². The maximum absolute atomic E-state index is 9.66. The molecule has 0 unspecified atom stereocenters. The van der Waals surface area contributed by atoms with Gasteiger partial charge < -0.3 is 10.0 Å².